The van der Waals surface area contributed by atoms with Crippen molar-refractivity contribution in [3.8, 4) is 0 Å². The molecule has 1 atom stereocenters. The van der Waals surface area contributed by atoms with Crippen molar-refractivity contribution in [2.45, 2.75) is 25.9 Å². The first-order chi connectivity index (χ1) is 13.5. The third-order valence-electron chi connectivity index (χ3n) is 4.95. The average molecular weight is 385 g/mol. The number of carbonyl (C=O) groups is 3. The van der Waals surface area contributed by atoms with Crippen LogP contribution in [0.25, 0.3) is 6.08 Å². The SMILES string of the molecule is COC(=O)C1=C(C)N(C[C@@H]2CCCO2)C(=O)/C1=C/c1ccc(C(=O)OC)cc1. The fourth-order valence-electron chi connectivity index (χ4n) is 3.44. The van der Waals surface area contributed by atoms with Crippen molar-refractivity contribution >= 4 is 23.9 Å². The zero-order chi connectivity index (χ0) is 20.3. The molecule has 3 rings (SSSR count). The van der Waals surface area contributed by atoms with Crippen LogP contribution < -0.4 is 0 Å². The molecule has 0 aromatic heterocycles. The van der Waals surface area contributed by atoms with Crippen molar-refractivity contribution in [3.63, 3.8) is 0 Å². The van der Waals surface area contributed by atoms with Crippen LogP contribution in [0.15, 0.2) is 41.1 Å². The van der Waals surface area contributed by atoms with Crippen molar-refractivity contribution < 1.29 is 28.6 Å². The molecule has 1 saturated heterocycles. The summed E-state index contributed by atoms with van der Waals surface area (Å²) in [6, 6.07) is 6.60. The topological polar surface area (TPSA) is 82.1 Å². The number of hydrogen-bond acceptors (Lipinski definition) is 6. The number of allylic oxidation sites excluding steroid dienone is 1. The molecule has 1 amide bonds. The van der Waals surface area contributed by atoms with Crippen molar-refractivity contribution in [1.82, 2.24) is 4.90 Å². The van der Waals surface area contributed by atoms with Gasteiger partial charge < -0.3 is 19.1 Å². The predicted molar refractivity (Wildman–Crippen MR) is 101 cm³/mol. The standard InChI is InChI=1S/C21H23NO6/c1-13-18(21(25)27-3)17(19(23)22(13)12-16-5-4-10-28-16)11-14-6-8-15(9-7-14)20(24)26-2/h6-9,11,16H,4-5,10,12H2,1-3H3/b17-11+/t16-/m0/s1. The van der Waals surface area contributed by atoms with Crippen LogP contribution in [-0.4, -0.2) is 56.2 Å². The summed E-state index contributed by atoms with van der Waals surface area (Å²) in [6.45, 7) is 2.83. The second-order valence-electron chi connectivity index (χ2n) is 6.67. The van der Waals surface area contributed by atoms with E-state index in [4.69, 9.17) is 9.47 Å². The minimum absolute atomic E-state index is 0.0310. The molecular weight excluding hydrogens is 362 g/mol. The maximum absolute atomic E-state index is 13.0. The van der Waals surface area contributed by atoms with Gasteiger partial charge in [-0.1, -0.05) is 12.1 Å². The molecule has 0 radical (unpaired) electrons. The molecule has 0 aliphatic carbocycles. The number of nitrogens with zero attached hydrogens (tertiary/aromatic N) is 1. The summed E-state index contributed by atoms with van der Waals surface area (Å²) in [5, 5.41) is 0. The molecule has 28 heavy (non-hydrogen) atoms. The summed E-state index contributed by atoms with van der Waals surface area (Å²) in [7, 11) is 2.60. The van der Waals surface area contributed by atoms with E-state index >= 15 is 0 Å². The largest absolute Gasteiger partial charge is 0.465 e. The Balaban J connectivity index is 1.93. The van der Waals surface area contributed by atoms with Gasteiger partial charge in [-0.15, -0.1) is 0 Å². The Kier molecular flexibility index (Phi) is 5.94. The summed E-state index contributed by atoms with van der Waals surface area (Å²) in [5.41, 5.74) is 2.17. The monoisotopic (exact) mass is 385 g/mol. The smallest absolute Gasteiger partial charge is 0.340 e. The number of ether oxygens (including phenoxy) is 3. The Labute approximate surface area is 163 Å². The minimum Gasteiger partial charge on any atom is -0.465 e. The Morgan fingerprint density at radius 3 is 2.43 bits per heavy atom. The molecule has 0 bridgehead atoms. The van der Waals surface area contributed by atoms with E-state index in [0.29, 0.717) is 30.0 Å². The molecule has 2 aliphatic rings. The Hall–Kier alpha value is -2.93. The maximum atomic E-state index is 13.0. The van der Waals surface area contributed by atoms with Gasteiger partial charge in [0.2, 0.25) is 0 Å². The van der Waals surface area contributed by atoms with Gasteiger partial charge in [-0.3, -0.25) is 4.79 Å². The normalized spacial score (nSPS) is 20.8. The summed E-state index contributed by atoms with van der Waals surface area (Å²) in [6.07, 6.45) is 3.46. The molecule has 0 N–H and O–H groups in total. The Morgan fingerprint density at radius 2 is 1.86 bits per heavy atom. The van der Waals surface area contributed by atoms with Gasteiger partial charge in [0.15, 0.2) is 0 Å². The van der Waals surface area contributed by atoms with Crippen molar-refractivity contribution in [2.24, 2.45) is 0 Å². The van der Waals surface area contributed by atoms with E-state index in [2.05, 4.69) is 4.74 Å². The number of benzene rings is 1. The summed E-state index contributed by atoms with van der Waals surface area (Å²) in [4.78, 5) is 38.5. The fraction of sp³-hybridized carbons (Fsp3) is 0.381. The van der Waals surface area contributed by atoms with Gasteiger partial charge in [0.05, 0.1) is 43.6 Å². The van der Waals surface area contributed by atoms with E-state index in [1.165, 1.54) is 14.2 Å². The lowest BCUT2D eigenvalue weighted by Crippen LogP contribution is -2.33. The highest BCUT2D eigenvalue weighted by Crippen LogP contribution is 2.32. The molecular formula is C21H23NO6. The summed E-state index contributed by atoms with van der Waals surface area (Å²) < 4.78 is 15.2. The third-order valence-corrected chi connectivity index (χ3v) is 4.95. The summed E-state index contributed by atoms with van der Waals surface area (Å²) in [5.74, 6) is -1.26. The number of hydrogen-bond donors (Lipinski definition) is 0. The van der Waals surface area contributed by atoms with Crippen LogP contribution in [0.1, 0.15) is 35.7 Å². The highest BCUT2D eigenvalue weighted by molar-refractivity contribution is 6.16. The molecule has 1 aromatic rings. The molecule has 7 heteroatoms. The van der Waals surface area contributed by atoms with E-state index in [1.54, 1.807) is 42.2 Å². The zero-order valence-electron chi connectivity index (χ0n) is 16.2. The number of rotatable bonds is 5. The first kappa shape index (κ1) is 19.8. The van der Waals surface area contributed by atoms with E-state index in [0.717, 1.165) is 12.8 Å². The number of esters is 2. The van der Waals surface area contributed by atoms with Crippen LogP contribution >= 0.6 is 0 Å². The van der Waals surface area contributed by atoms with Gasteiger partial charge >= 0.3 is 11.9 Å². The lowest BCUT2D eigenvalue weighted by Gasteiger charge is -2.21. The molecule has 0 saturated carbocycles. The molecule has 7 nitrogen and oxygen atoms in total. The number of carbonyl (C=O) groups excluding carboxylic acids is 3. The van der Waals surface area contributed by atoms with Gasteiger partial charge in [-0.05, 0) is 43.5 Å². The first-order valence-electron chi connectivity index (χ1n) is 9.09. The van der Waals surface area contributed by atoms with E-state index in [-0.39, 0.29) is 23.2 Å². The molecule has 0 spiro atoms. The highest BCUT2D eigenvalue weighted by Gasteiger charge is 2.38. The second kappa shape index (κ2) is 8.39. The summed E-state index contributed by atoms with van der Waals surface area (Å²) >= 11 is 0. The third kappa shape index (κ3) is 3.84. The maximum Gasteiger partial charge on any atom is 0.340 e. The van der Waals surface area contributed by atoms with Crippen LogP contribution in [0.2, 0.25) is 0 Å². The van der Waals surface area contributed by atoms with Gasteiger partial charge in [0.25, 0.3) is 5.91 Å². The van der Waals surface area contributed by atoms with Crippen LogP contribution in [0, 0.1) is 0 Å². The molecule has 1 aromatic carbocycles. The van der Waals surface area contributed by atoms with E-state index in [9.17, 15) is 14.4 Å². The van der Waals surface area contributed by atoms with Crippen LogP contribution in [0.5, 0.6) is 0 Å². The van der Waals surface area contributed by atoms with E-state index < -0.39 is 11.9 Å². The van der Waals surface area contributed by atoms with Crippen molar-refractivity contribution in [1.29, 1.82) is 0 Å². The first-order valence-corrected chi connectivity index (χ1v) is 9.09. The van der Waals surface area contributed by atoms with Crippen LogP contribution in [0.4, 0.5) is 0 Å². The predicted octanol–water partition coefficient (Wildman–Crippen LogP) is 2.32. The zero-order valence-corrected chi connectivity index (χ0v) is 16.2. The molecule has 2 heterocycles. The van der Waals surface area contributed by atoms with Gasteiger partial charge in [-0.25, -0.2) is 9.59 Å². The second-order valence-corrected chi connectivity index (χ2v) is 6.67. The minimum atomic E-state index is -0.557. The fourth-order valence-corrected chi connectivity index (χ4v) is 3.44. The Bertz CT molecular complexity index is 846. The van der Waals surface area contributed by atoms with Crippen molar-refractivity contribution in [2.75, 3.05) is 27.4 Å². The number of methoxy groups -OCH3 is 2. The van der Waals surface area contributed by atoms with E-state index in [1.807, 2.05) is 0 Å². The van der Waals surface area contributed by atoms with Crippen LogP contribution in [-0.2, 0) is 23.8 Å². The average Bonchev–Trinajstić information content (AvgIpc) is 3.30. The van der Waals surface area contributed by atoms with Gasteiger partial charge in [0.1, 0.15) is 0 Å². The Morgan fingerprint density at radius 1 is 1.18 bits per heavy atom. The molecule has 0 unspecified atom stereocenters. The van der Waals surface area contributed by atoms with Gasteiger partial charge in [0, 0.05) is 12.3 Å². The quantitative estimate of drug-likeness (QED) is 0.572. The molecule has 148 valence electrons. The van der Waals surface area contributed by atoms with Crippen LogP contribution in [0.3, 0.4) is 0 Å². The lowest BCUT2D eigenvalue weighted by atomic mass is 10.0. The highest BCUT2D eigenvalue weighted by atomic mass is 16.5. The molecule has 2 aliphatic heterocycles. The number of amides is 1. The van der Waals surface area contributed by atoms with Gasteiger partial charge in [-0.2, -0.15) is 0 Å². The lowest BCUT2D eigenvalue weighted by molar-refractivity contribution is -0.136. The molecule has 1 fully saturated rings. The van der Waals surface area contributed by atoms with Crippen molar-refractivity contribution in [3.05, 3.63) is 52.2 Å².